The van der Waals surface area contributed by atoms with Gasteiger partial charge in [0, 0.05) is 31.5 Å². The molecule has 4 N–H and O–H groups in total. The lowest BCUT2D eigenvalue weighted by molar-refractivity contribution is -0.137. The Labute approximate surface area is 226 Å². The average Bonchev–Trinajstić information content (AvgIpc) is 3.38. The number of nitrogens with two attached hydrogens (primary N) is 1. The molecule has 4 aromatic rings. The lowest BCUT2D eigenvalue weighted by atomic mass is 10.1. The molecule has 0 radical (unpaired) electrons. The Bertz CT molecular complexity index is 1480. The van der Waals surface area contributed by atoms with Crippen LogP contribution in [-0.2, 0) is 15.7 Å². The van der Waals surface area contributed by atoms with E-state index in [1.165, 1.54) is 38.7 Å². The number of alkyl halides is 3. The summed E-state index contributed by atoms with van der Waals surface area (Å²) in [5, 5.41) is 5.79. The Morgan fingerprint density at radius 1 is 1.07 bits per heavy atom. The minimum atomic E-state index is -4.49. The van der Waals surface area contributed by atoms with Gasteiger partial charge in [-0.3, -0.25) is 4.79 Å². The van der Waals surface area contributed by atoms with Crippen LogP contribution in [0.2, 0.25) is 0 Å². The Morgan fingerprint density at radius 2 is 1.82 bits per heavy atom. The Kier molecular flexibility index (Phi) is 8.43. The Balaban J connectivity index is 1.69. The van der Waals surface area contributed by atoms with Crippen LogP contribution in [0.4, 0.5) is 24.9 Å². The van der Waals surface area contributed by atoms with Crippen molar-refractivity contribution in [2.75, 3.05) is 38.4 Å². The first kappa shape index (κ1) is 28.2. The van der Waals surface area contributed by atoms with Crippen LogP contribution >= 0.6 is 0 Å². The number of methoxy groups -OCH3 is 2. The van der Waals surface area contributed by atoms with Crippen LogP contribution in [0, 0.1) is 0 Å². The summed E-state index contributed by atoms with van der Waals surface area (Å²) in [6.07, 6.45) is -1.64. The fourth-order valence-electron chi connectivity index (χ4n) is 3.55. The van der Waals surface area contributed by atoms with Crippen LogP contribution in [0.15, 0.2) is 47.1 Å². The van der Waals surface area contributed by atoms with Gasteiger partial charge in [0.15, 0.2) is 11.6 Å². The van der Waals surface area contributed by atoms with Crippen LogP contribution in [0.1, 0.15) is 12.5 Å². The number of anilines is 2. The van der Waals surface area contributed by atoms with Crippen LogP contribution in [0.25, 0.3) is 34.3 Å². The van der Waals surface area contributed by atoms with Crippen LogP contribution in [-0.4, -0.2) is 64.2 Å². The molecule has 3 heterocycles. The molecule has 210 valence electrons. The molecule has 0 bridgehead atoms. The number of aromatic nitrogens is 5. The fraction of sp³-hybridized carbons (Fsp3) is 0.280. The number of nitrogen functional groups attached to an aromatic ring is 1. The van der Waals surface area contributed by atoms with Gasteiger partial charge in [0.25, 0.3) is 5.88 Å². The molecule has 0 aliphatic rings. The van der Waals surface area contributed by atoms with Gasteiger partial charge >= 0.3 is 6.18 Å². The molecule has 0 unspecified atom stereocenters. The quantitative estimate of drug-likeness (QED) is 0.261. The van der Waals surface area contributed by atoms with E-state index >= 15 is 0 Å². The van der Waals surface area contributed by atoms with E-state index in [1.54, 1.807) is 13.0 Å². The molecular weight excluding hydrogens is 533 g/mol. The van der Waals surface area contributed by atoms with E-state index in [0.717, 1.165) is 12.1 Å². The molecule has 0 spiro atoms. The number of hydrogen-bond donors (Lipinski definition) is 3. The summed E-state index contributed by atoms with van der Waals surface area (Å²) in [6, 6.07) is 5.68. The van der Waals surface area contributed by atoms with Gasteiger partial charge in [-0.15, -0.1) is 0 Å². The summed E-state index contributed by atoms with van der Waals surface area (Å²) in [6.45, 7) is 2.03. The van der Waals surface area contributed by atoms with E-state index in [0.29, 0.717) is 17.8 Å². The third-order valence-corrected chi connectivity index (χ3v) is 5.43. The molecule has 15 heteroatoms. The second-order valence-electron chi connectivity index (χ2n) is 8.47. The first-order chi connectivity index (χ1) is 19.1. The molecule has 1 atom stereocenters. The van der Waals surface area contributed by atoms with E-state index in [2.05, 4.69) is 35.6 Å². The lowest BCUT2D eigenvalue weighted by Gasteiger charge is -2.14. The van der Waals surface area contributed by atoms with Crippen molar-refractivity contribution < 1.29 is 31.9 Å². The van der Waals surface area contributed by atoms with Gasteiger partial charge in [0.05, 0.1) is 18.9 Å². The van der Waals surface area contributed by atoms with Crippen molar-refractivity contribution in [2.24, 2.45) is 0 Å². The number of carbonyl (C=O) groups excluding carboxylic acids is 1. The zero-order chi connectivity index (χ0) is 28.9. The number of nitrogens with zero attached hydrogens (tertiary/aromatic N) is 5. The second-order valence-corrected chi connectivity index (χ2v) is 8.47. The summed E-state index contributed by atoms with van der Waals surface area (Å²) in [5.74, 6) is 0.247. The molecule has 0 saturated carbocycles. The highest BCUT2D eigenvalue weighted by atomic mass is 19.4. The number of carbonyl (C=O) groups is 1. The van der Waals surface area contributed by atoms with Crippen LogP contribution in [0.5, 0.6) is 5.88 Å². The standard InChI is InChI=1S/C25H25F3N8O4/c1-13(33-18(37)12-38-2)10-32-24-30-9-8-16(35-24)20-19(17-11-31-21(29)23(34-17)39-3)36-22(40-20)14-4-6-15(7-5-14)25(26,27)28/h4-9,11,13H,10,12H2,1-3H3,(H2,29,31)(H,33,37)(H,30,32,35)/t13-/m0/s1. The number of rotatable bonds is 10. The highest BCUT2D eigenvalue weighted by molar-refractivity contribution is 5.78. The number of halogens is 3. The fourth-order valence-corrected chi connectivity index (χ4v) is 3.55. The third-order valence-electron chi connectivity index (χ3n) is 5.43. The van der Waals surface area contributed by atoms with Crippen molar-refractivity contribution in [3.63, 3.8) is 0 Å². The van der Waals surface area contributed by atoms with E-state index < -0.39 is 11.7 Å². The van der Waals surface area contributed by atoms with E-state index in [1.807, 2.05) is 0 Å². The molecule has 1 aromatic carbocycles. The van der Waals surface area contributed by atoms with Gasteiger partial charge in [0.1, 0.15) is 23.7 Å². The Hall–Kier alpha value is -4.79. The minimum absolute atomic E-state index is 0.0268. The van der Waals surface area contributed by atoms with Crippen LogP contribution < -0.4 is 21.1 Å². The molecule has 4 rings (SSSR count). The molecule has 3 aromatic heterocycles. The molecule has 0 aliphatic heterocycles. The maximum absolute atomic E-state index is 13.1. The maximum Gasteiger partial charge on any atom is 0.416 e. The number of nitrogens with one attached hydrogen (secondary N) is 2. The number of amides is 1. The third kappa shape index (κ3) is 6.61. The Morgan fingerprint density at radius 3 is 2.50 bits per heavy atom. The highest BCUT2D eigenvalue weighted by Gasteiger charge is 2.30. The van der Waals surface area contributed by atoms with Gasteiger partial charge in [-0.25, -0.2) is 24.9 Å². The second kappa shape index (κ2) is 11.9. The lowest BCUT2D eigenvalue weighted by Crippen LogP contribution is -2.39. The topological polar surface area (TPSA) is 163 Å². The van der Waals surface area contributed by atoms with Crippen molar-refractivity contribution >= 4 is 17.7 Å². The first-order valence-corrected chi connectivity index (χ1v) is 11.8. The maximum atomic E-state index is 13.1. The largest absolute Gasteiger partial charge is 0.478 e. The van der Waals surface area contributed by atoms with E-state index in [9.17, 15) is 18.0 Å². The van der Waals surface area contributed by atoms with Gasteiger partial charge in [-0.05, 0) is 37.3 Å². The number of ether oxygens (including phenoxy) is 2. The van der Waals surface area contributed by atoms with Crippen molar-refractivity contribution in [2.45, 2.75) is 19.1 Å². The molecule has 0 saturated heterocycles. The smallest absolute Gasteiger partial charge is 0.416 e. The van der Waals surface area contributed by atoms with Gasteiger partial charge < -0.3 is 30.3 Å². The van der Waals surface area contributed by atoms with E-state index in [-0.39, 0.29) is 59.2 Å². The van der Waals surface area contributed by atoms with Gasteiger partial charge in [-0.2, -0.15) is 13.2 Å². The molecule has 0 fully saturated rings. The van der Waals surface area contributed by atoms with Crippen molar-refractivity contribution in [1.82, 2.24) is 30.2 Å². The normalized spacial score (nSPS) is 12.2. The summed E-state index contributed by atoms with van der Waals surface area (Å²) < 4.78 is 55.2. The SMILES string of the molecule is COCC(=O)N[C@@H](C)CNc1nccc(-c2oc(-c3ccc(C(F)(F)F)cc3)nc2-c2cnc(N)c(OC)n2)n1. The zero-order valence-electron chi connectivity index (χ0n) is 21.6. The summed E-state index contributed by atoms with van der Waals surface area (Å²) in [4.78, 5) is 33.3. The predicted octanol–water partition coefficient (Wildman–Crippen LogP) is 3.43. The molecule has 0 aliphatic carbocycles. The highest BCUT2D eigenvalue weighted by Crippen LogP contribution is 2.36. The summed E-state index contributed by atoms with van der Waals surface area (Å²) in [7, 11) is 2.80. The van der Waals surface area contributed by atoms with Crippen molar-refractivity contribution in [3.05, 3.63) is 48.3 Å². The summed E-state index contributed by atoms with van der Waals surface area (Å²) in [5.41, 5.74) is 6.01. The number of oxazole rings is 1. The number of hydrogen-bond acceptors (Lipinski definition) is 11. The van der Waals surface area contributed by atoms with Crippen molar-refractivity contribution in [3.8, 4) is 40.2 Å². The minimum Gasteiger partial charge on any atom is -0.478 e. The molecule has 12 nitrogen and oxygen atoms in total. The summed E-state index contributed by atoms with van der Waals surface area (Å²) >= 11 is 0. The molecular formula is C25H25F3N8O4. The van der Waals surface area contributed by atoms with Crippen LogP contribution in [0.3, 0.4) is 0 Å². The van der Waals surface area contributed by atoms with Crippen molar-refractivity contribution in [1.29, 1.82) is 0 Å². The first-order valence-electron chi connectivity index (χ1n) is 11.8. The molecule has 40 heavy (non-hydrogen) atoms. The van der Waals surface area contributed by atoms with Gasteiger partial charge in [-0.1, -0.05) is 0 Å². The number of benzene rings is 1. The average molecular weight is 559 g/mol. The van der Waals surface area contributed by atoms with Gasteiger partial charge in [0.2, 0.25) is 17.7 Å². The monoisotopic (exact) mass is 558 g/mol. The zero-order valence-corrected chi connectivity index (χ0v) is 21.6. The predicted molar refractivity (Wildman–Crippen MR) is 138 cm³/mol. The van der Waals surface area contributed by atoms with E-state index in [4.69, 9.17) is 19.6 Å². The molecule has 1 amide bonds.